The molecule has 130 valence electrons. The molecule has 1 aromatic carbocycles. The van der Waals surface area contributed by atoms with Gasteiger partial charge in [-0.3, -0.25) is 9.59 Å². The highest BCUT2D eigenvalue weighted by molar-refractivity contribution is 7.18. The number of benzene rings is 1. The van der Waals surface area contributed by atoms with Gasteiger partial charge in [-0.25, -0.2) is 4.98 Å². The quantitative estimate of drug-likeness (QED) is 0.625. The predicted molar refractivity (Wildman–Crippen MR) is 102 cm³/mol. The van der Waals surface area contributed by atoms with Gasteiger partial charge in [0.25, 0.3) is 5.91 Å². The molecule has 0 saturated heterocycles. The summed E-state index contributed by atoms with van der Waals surface area (Å²) in [6, 6.07) is 11.1. The molecule has 0 bridgehead atoms. The first-order chi connectivity index (χ1) is 12.1. The molecule has 0 spiro atoms. The van der Waals surface area contributed by atoms with E-state index in [1.54, 1.807) is 24.3 Å². The lowest BCUT2D eigenvalue weighted by atomic mass is 10.2. The Morgan fingerprint density at radius 3 is 2.80 bits per heavy atom. The SMILES string of the molecule is CC(NC(=O)c1cccs1)C(=O)NCCCc1nc2ccccc2s1. The van der Waals surface area contributed by atoms with E-state index in [-0.39, 0.29) is 11.8 Å². The molecule has 1 unspecified atom stereocenters. The van der Waals surface area contributed by atoms with Gasteiger partial charge in [-0.1, -0.05) is 18.2 Å². The third-order valence-electron chi connectivity index (χ3n) is 3.69. The van der Waals surface area contributed by atoms with Crippen LogP contribution in [0.2, 0.25) is 0 Å². The van der Waals surface area contributed by atoms with Gasteiger partial charge in [0.1, 0.15) is 6.04 Å². The number of thiophene rings is 1. The molecule has 0 aliphatic carbocycles. The highest BCUT2D eigenvalue weighted by Crippen LogP contribution is 2.22. The number of hydrogen-bond acceptors (Lipinski definition) is 5. The van der Waals surface area contributed by atoms with Crippen LogP contribution < -0.4 is 10.6 Å². The molecule has 2 amide bonds. The summed E-state index contributed by atoms with van der Waals surface area (Å²) in [5, 5.41) is 8.48. The summed E-state index contributed by atoms with van der Waals surface area (Å²) in [5.41, 5.74) is 1.02. The fourth-order valence-corrected chi connectivity index (χ4v) is 4.01. The number of rotatable bonds is 7. The van der Waals surface area contributed by atoms with Crippen molar-refractivity contribution in [1.82, 2.24) is 15.6 Å². The molecule has 3 rings (SSSR count). The number of nitrogens with one attached hydrogen (secondary N) is 2. The molecule has 0 aliphatic rings. The summed E-state index contributed by atoms with van der Waals surface area (Å²) in [7, 11) is 0. The van der Waals surface area contributed by atoms with E-state index in [4.69, 9.17) is 0 Å². The van der Waals surface area contributed by atoms with Crippen LogP contribution in [0.25, 0.3) is 10.2 Å². The Hall–Kier alpha value is -2.25. The van der Waals surface area contributed by atoms with Crippen molar-refractivity contribution in [2.24, 2.45) is 0 Å². The molecule has 0 radical (unpaired) electrons. The van der Waals surface area contributed by atoms with Crippen LogP contribution in [0.1, 0.15) is 28.0 Å². The monoisotopic (exact) mass is 373 g/mol. The Kier molecular flexibility index (Phi) is 5.78. The average Bonchev–Trinajstić information content (AvgIpc) is 3.27. The highest BCUT2D eigenvalue weighted by atomic mass is 32.1. The third kappa shape index (κ3) is 4.64. The second-order valence-corrected chi connectivity index (χ2v) is 7.71. The van der Waals surface area contributed by atoms with E-state index in [0.29, 0.717) is 11.4 Å². The normalized spacial score (nSPS) is 12.0. The van der Waals surface area contributed by atoms with Crippen molar-refractivity contribution in [2.75, 3.05) is 6.54 Å². The Balaban J connectivity index is 1.40. The van der Waals surface area contributed by atoms with Crippen LogP contribution in [0.15, 0.2) is 41.8 Å². The summed E-state index contributed by atoms with van der Waals surface area (Å²) in [5.74, 6) is -0.388. The van der Waals surface area contributed by atoms with Crippen molar-refractivity contribution in [3.05, 3.63) is 51.7 Å². The smallest absolute Gasteiger partial charge is 0.261 e. The van der Waals surface area contributed by atoms with Gasteiger partial charge in [0.2, 0.25) is 5.91 Å². The molecule has 0 aliphatic heterocycles. The first-order valence-electron chi connectivity index (χ1n) is 8.10. The lowest BCUT2D eigenvalue weighted by molar-refractivity contribution is -0.122. The molecular weight excluding hydrogens is 354 g/mol. The molecule has 2 heterocycles. The van der Waals surface area contributed by atoms with Crippen molar-refractivity contribution < 1.29 is 9.59 Å². The van der Waals surface area contributed by atoms with Crippen LogP contribution in [0, 0.1) is 0 Å². The standard InChI is InChI=1S/C18H19N3O2S2/c1-12(20-18(23)15-8-5-11-24-15)17(22)19-10-4-9-16-21-13-6-2-3-7-14(13)25-16/h2-3,5-8,11-12H,4,9-10H2,1H3,(H,19,22)(H,20,23). The van der Waals surface area contributed by atoms with Crippen LogP contribution in [0.3, 0.4) is 0 Å². The maximum Gasteiger partial charge on any atom is 0.261 e. The number of carbonyl (C=O) groups is 2. The minimum Gasteiger partial charge on any atom is -0.354 e. The number of aromatic nitrogens is 1. The zero-order chi connectivity index (χ0) is 17.6. The number of nitrogens with zero attached hydrogens (tertiary/aromatic N) is 1. The molecule has 1 atom stereocenters. The minimum absolute atomic E-state index is 0.172. The molecule has 5 nitrogen and oxygen atoms in total. The number of thiazole rings is 1. The molecule has 25 heavy (non-hydrogen) atoms. The van der Waals surface area contributed by atoms with Crippen LogP contribution in [-0.2, 0) is 11.2 Å². The van der Waals surface area contributed by atoms with Gasteiger partial charge in [-0.05, 0) is 36.9 Å². The van der Waals surface area contributed by atoms with Gasteiger partial charge in [-0.2, -0.15) is 0 Å². The van der Waals surface area contributed by atoms with E-state index >= 15 is 0 Å². The molecule has 7 heteroatoms. The maximum atomic E-state index is 12.1. The highest BCUT2D eigenvalue weighted by Gasteiger charge is 2.16. The number of amides is 2. The maximum absolute atomic E-state index is 12.1. The zero-order valence-electron chi connectivity index (χ0n) is 13.8. The van der Waals surface area contributed by atoms with Crippen molar-refractivity contribution in [3.8, 4) is 0 Å². The molecule has 3 aromatic rings. The van der Waals surface area contributed by atoms with Gasteiger partial charge in [0.05, 0.1) is 20.1 Å². The van der Waals surface area contributed by atoms with E-state index in [9.17, 15) is 9.59 Å². The second-order valence-electron chi connectivity index (χ2n) is 5.64. The average molecular weight is 374 g/mol. The number of hydrogen-bond donors (Lipinski definition) is 2. The Morgan fingerprint density at radius 1 is 1.20 bits per heavy atom. The van der Waals surface area contributed by atoms with Crippen molar-refractivity contribution in [3.63, 3.8) is 0 Å². The van der Waals surface area contributed by atoms with Gasteiger partial charge in [-0.15, -0.1) is 22.7 Å². The van der Waals surface area contributed by atoms with E-state index in [2.05, 4.69) is 21.7 Å². The fourth-order valence-electron chi connectivity index (χ4n) is 2.37. The van der Waals surface area contributed by atoms with Gasteiger partial charge in [0, 0.05) is 13.0 Å². The number of aryl methyl sites for hydroxylation is 1. The van der Waals surface area contributed by atoms with E-state index in [0.717, 1.165) is 23.4 Å². The summed E-state index contributed by atoms with van der Waals surface area (Å²) in [4.78, 5) is 29.2. The molecule has 0 saturated carbocycles. The third-order valence-corrected chi connectivity index (χ3v) is 5.66. The molecule has 0 fully saturated rings. The van der Waals surface area contributed by atoms with Crippen LogP contribution in [0.5, 0.6) is 0 Å². The predicted octanol–water partition coefficient (Wildman–Crippen LogP) is 3.23. The second kappa shape index (κ2) is 8.22. The largest absolute Gasteiger partial charge is 0.354 e. The fraction of sp³-hybridized carbons (Fsp3) is 0.278. The Labute approximate surface area is 154 Å². The zero-order valence-corrected chi connectivity index (χ0v) is 15.5. The summed E-state index contributed by atoms with van der Waals surface area (Å²) >= 11 is 3.05. The first kappa shape index (κ1) is 17.6. The van der Waals surface area contributed by atoms with Crippen molar-refractivity contribution in [1.29, 1.82) is 0 Å². The topological polar surface area (TPSA) is 71.1 Å². The molecule has 2 N–H and O–H groups in total. The van der Waals surface area contributed by atoms with E-state index in [1.165, 1.54) is 16.0 Å². The lowest BCUT2D eigenvalue weighted by Gasteiger charge is -2.13. The van der Waals surface area contributed by atoms with Crippen LogP contribution in [-0.4, -0.2) is 29.4 Å². The van der Waals surface area contributed by atoms with Crippen molar-refractivity contribution in [2.45, 2.75) is 25.8 Å². The lowest BCUT2D eigenvalue weighted by Crippen LogP contribution is -2.44. The Morgan fingerprint density at radius 2 is 2.04 bits per heavy atom. The van der Waals surface area contributed by atoms with Gasteiger partial charge < -0.3 is 10.6 Å². The van der Waals surface area contributed by atoms with Gasteiger partial charge >= 0.3 is 0 Å². The summed E-state index contributed by atoms with van der Waals surface area (Å²) < 4.78 is 1.19. The van der Waals surface area contributed by atoms with Crippen molar-refractivity contribution >= 4 is 44.7 Å². The van der Waals surface area contributed by atoms with E-state index < -0.39 is 6.04 Å². The minimum atomic E-state index is -0.558. The van der Waals surface area contributed by atoms with Gasteiger partial charge in [0.15, 0.2) is 0 Å². The molecular formula is C18H19N3O2S2. The van der Waals surface area contributed by atoms with Crippen LogP contribution in [0.4, 0.5) is 0 Å². The molecule has 2 aromatic heterocycles. The Bertz CT molecular complexity index is 825. The number of para-hydroxylation sites is 1. The summed E-state index contributed by atoms with van der Waals surface area (Å²) in [6.45, 7) is 2.25. The number of carbonyl (C=O) groups excluding carboxylic acids is 2. The number of fused-ring (bicyclic) bond motifs is 1. The van der Waals surface area contributed by atoms with E-state index in [1.807, 2.05) is 29.6 Å². The first-order valence-corrected chi connectivity index (χ1v) is 9.79. The summed E-state index contributed by atoms with van der Waals surface area (Å²) in [6.07, 6.45) is 1.65. The van der Waals surface area contributed by atoms with Crippen LogP contribution >= 0.6 is 22.7 Å².